The number of hydrazine groups is 1. The first-order valence-electron chi connectivity index (χ1n) is 5.88. The maximum Gasteiger partial charge on any atom is 0.262 e. The molecule has 0 aliphatic carbocycles. The number of nitrogens with one attached hydrogen (secondary N) is 3. The van der Waals surface area contributed by atoms with Gasteiger partial charge < -0.3 is 15.8 Å². The van der Waals surface area contributed by atoms with Crippen LogP contribution in [0.3, 0.4) is 0 Å². The van der Waals surface area contributed by atoms with E-state index in [9.17, 15) is 9.59 Å². The van der Waals surface area contributed by atoms with Gasteiger partial charge in [0.25, 0.3) is 11.8 Å². The Balaban J connectivity index is 2.07. The van der Waals surface area contributed by atoms with Crippen molar-refractivity contribution in [2.45, 2.75) is 12.5 Å². The fraction of sp³-hybridized carbons (Fsp3) is 0.333. The Kier molecular flexibility index (Phi) is 3.98. The average Bonchev–Trinajstić information content (AvgIpc) is 2.38. The molecule has 0 saturated heterocycles. The van der Waals surface area contributed by atoms with Gasteiger partial charge in [-0.25, -0.2) is 5.43 Å². The summed E-state index contributed by atoms with van der Waals surface area (Å²) in [5.41, 5.74) is 12.2. The summed E-state index contributed by atoms with van der Waals surface area (Å²) in [6.45, 7) is 0.0242. The number of fused-ring (bicyclic) bond motifs is 1. The van der Waals surface area contributed by atoms with Gasteiger partial charge in [-0.3, -0.25) is 15.0 Å². The minimum Gasteiger partial charge on any atom is -0.482 e. The molecule has 1 aromatic rings. The lowest BCUT2D eigenvalue weighted by molar-refractivity contribution is -0.123. The van der Waals surface area contributed by atoms with E-state index in [1.165, 1.54) is 0 Å². The number of carbonyl (C=O) groups excluding carboxylic acids is 2. The molecule has 7 heteroatoms. The summed E-state index contributed by atoms with van der Waals surface area (Å²) in [6.07, 6.45) is 0.372. The molecule has 0 aromatic heterocycles. The summed E-state index contributed by atoms with van der Waals surface area (Å²) >= 11 is 0. The molecule has 5 N–H and O–H groups in total. The molecule has 0 bridgehead atoms. The zero-order chi connectivity index (χ0) is 13.8. The normalized spacial score (nSPS) is 14.9. The van der Waals surface area contributed by atoms with Crippen LogP contribution in [0.4, 0.5) is 5.69 Å². The van der Waals surface area contributed by atoms with Gasteiger partial charge in [-0.1, -0.05) is 6.07 Å². The lowest BCUT2D eigenvalue weighted by Gasteiger charge is -2.19. The molecule has 1 aliphatic rings. The van der Waals surface area contributed by atoms with Gasteiger partial charge in [0.2, 0.25) is 0 Å². The summed E-state index contributed by atoms with van der Waals surface area (Å²) in [5, 5.41) is 2.71. The predicted molar refractivity (Wildman–Crippen MR) is 69.4 cm³/mol. The summed E-state index contributed by atoms with van der Waals surface area (Å²) in [6, 6.07) is 4.68. The van der Waals surface area contributed by atoms with Gasteiger partial charge in [0.15, 0.2) is 6.61 Å². The van der Waals surface area contributed by atoms with Gasteiger partial charge in [-0.15, -0.1) is 0 Å². The van der Waals surface area contributed by atoms with Crippen molar-refractivity contribution in [3.8, 4) is 5.75 Å². The van der Waals surface area contributed by atoms with Gasteiger partial charge in [0.05, 0.1) is 11.7 Å². The molecule has 1 heterocycles. The van der Waals surface area contributed by atoms with Crippen molar-refractivity contribution in [1.29, 1.82) is 0 Å². The van der Waals surface area contributed by atoms with Gasteiger partial charge in [0, 0.05) is 7.05 Å². The van der Waals surface area contributed by atoms with Crippen molar-refractivity contribution in [3.63, 3.8) is 0 Å². The largest absolute Gasteiger partial charge is 0.482 e. The molecule has 1 atom stereocenters. The number of nitrogens with two attached hydrogens (primary N) is 1. The smallest absolute Gasteiger partial charge is 0.262 e. The summed E-state index contributed by atoms with van der Waals surface area (Å²) < 4.78 is 5.25. The van der Waals surface area contributed by atoms with Crippen LogP contribution in [0.1, 0.15) is 5.56 Å². The molecule has 2 rings (SSSR count). The first-order chi connectivity index (χ1) is 9.10. The van der Waals surface area contributed by atoms with Gasteiger partial charge in [-0.2, -0.15) is 0 Å². The molecule has 1 aromatic carbocycles. The molecule has 19 heavy (non-hydrogen) atoms. The third-order valence-electron chi connectivity index (χ3n) is 2.72. The fourth-order valence-corrected chi connectivity index (χ4v) is 1.82. The SMILES string of the molecule is CNNC(=O)C(N)Cc1ccc2c(c1)NC(=O)CO2. The highest BCUT2D eigenvalue weighted by atomic mass is 16.5. The summed E-state index contributed by atoms with van der Waals surface area (Å²) in [5.74, 6) is 0.138. The molecular weight excluding hydrogens is 248 g/mol. The Morgan fingerprint density at radius 2 is 2.37 bits per heavy atom. The van der Waals surface area contributed by atoms with E-state index in [1.54, 1.807) is 19.2 Å². The van der Waals surface area contributed by atoms with E-state index >= 15 is 0 Å². The molecule has 2 amide bonds. The van der Waals surface area contributed by atoms with Crippen LogP contribution in [-0.2, 0) is 16.0 Å². The van der Waals surface area contributed by atoms with E-state index in [0.717, 1.165) is 5.56 Å². The zero-order valence-electron chi connectivity index (χ0n) is 10.5. The van der Waals surface area contributed by atoms with Crippen molar-refractivity contribution >= 4 is 17.5 Å². The minimum absolute atomic E-state index is 0.0242. The second-order valence-corrected chi connectivity index (χ2v) is 4.22. The first-order valence-corrected chi connectivity index (χ1v) is 5.88. The Morgan fingerprint density at radius 1 is 1.58 bits per heavy atom. The number of benzene rings is 1. The van der Waals surface area contributed by atoms with Crippen molar-refractivity contribution in [2.24, 2.45) is 5.73 Å². The third-order valence-corrected chi connectivity index (χ3v) is 2.72. The number of hydrogen-bond acceptors (Lipinski definition) is 5. The van der Waals surface area contributed by atoms with Gasteiger partial charge in [-0.05, 0) is 24.1 Å². The molecule has 102 valence electrons. The van der Waals surface area contributed by atoms with E-state index in [-0.39, 0.29) is 18.4 Å². The van der Waals surface area contributed by atoms with Gasteiger partial charge in [0.1, 0.15) is 5.75 Å². The molecule has 1 aliphatic heterocycles. The highest BCUT2D eigenvalue weighted by molar-refractivity contribution is 5.95. The molecular formula is C12H16N4O3. The zero-order valence-corrected chi connectivity index (χ0v) is 10.5. The second-order valence-electron chi connectivity index (χ2n) is 4.22. The van der Waals surface area contributed by atoms with Crippen LogP contribution in [-0.4, -0.2) is 31.5 Å². The van der Waals surface area contributed by atoms with E-state index in [4.69, 9.17) is 10.5 Å². The second kappa shape index (κ2) is 5.68. The Labute approximate surface area is 110 Å². The molecule has 7 nitrogen and oxygen atoms in total. The maximum absolute atomic E-state index is 11.5. The Morgan fingerprint density at radius 3 is 3.11 bits per heavy atom. The van der Waals surface area contributed by atoms with E-state index < -0.39 is 6.04 Å². The van der Waals surface area contributed by atoms with E-state index in [1.807, 2.05) is 6.07 Å². The standard InChI is InChI=1S/C12H16N4O3/c1-14-16-12(18)8(13)4-7-2-3-10-9(5-7)15-11(17)6-19-10/h2-3,5,8,14H,4,6,13H2,1H3,(H,15,17)(H,16,18). The maximum atomic E-state index is 11.5. The van der Waals surface area contributed by atoms with Crippen LogP contribution in [0, 0.1) is 0 Å². The van der Waals surface area contributed by atoms with Crippen LogP contribution in [0.2, 0.25) is 0 Å². The molecule has 0 radical (unpaired) electrons. The quantitative estimate of drug-likeness (QED) is 0.529. The van der Waals surface area contributed by atoms with E-state index in [0.29, 0.717) is 17.9 Å². The minimum atomic E-state index is -0.661. The van der Waals surface area contributed by atoms with Crippen LogP contribution >= 0.6 is 0 Å². The first kappa shape index (κ1) is 13.3. The Hall–Kier alpha value is -2.12. The number of anilines is 1. The lowest BCUT2D eigenvalue weighted by Crippen LogP contribution is -2.46. The van der Waals surface area contributed by atoms with Crippen LogP contribution in [0.25, 0.3) is 0 Å². The number of rotatable bonds is 4. The number of amides is 2. The van der Waals surface area contributed by atoms with Crippen molar-refractivity contribution in [2.75, 3.05) is 19.0 Å². The molecule has 0 saturated carbocycles. The Bertz CT molecular complexity index is 504. The number of ether oxygens (including phenoxy) is 1. The van der Waals surface area contributed by atoms with Gasteiger partial charge >= 0.3 is 0 Å². The summed E-state index contributed by atoms with van der Waals surface area (Å²) in [4.78, 5) is 22.7. The lowest BCUT2D eigenvalue weighted by atomic mass is 10.0. The highest BCUT2D eigenvalue weighted by Gasteiger charge is 2.18. The van der Waals surface area contributed by atoms with Crippen molar-refractivity contribution < 1.29 is 14.3 Å². The monoisotopic (exact) mass is 264 g/mol. The number of hydrogen-bond donors (Lipinski definition) is 4. The molecule has 1 unspecified atom stereocenters. The van der Waals surface area contributed by atoms with Crippen LogP contribution in [0.5, 0.6) is 5.75 Å². The van der Waals surface area contributed by atoms with E-state index in [2.05, 4.69) is 16.2 Å². The topological polar surface area (TPSA) is 105 Å². The van der Waals surface area contributed by atoms with Crippen molar-refractivity contribution in [1.82, 2.24) is 10.9 Å². The molecule has 0 spiro atoms. The fourth-order valence-electron chi connectivity index (χ4n) is 1.82. The summed E-state index contributed by atoms with van der Waals surface area (Å²) in [7, 11) is 1.59. The van der Waals surface area contributed by atoms with Crippen LogP contribution < -0.4 is 26.6 Å². The number of carbonyl (C=O) groups is 2. The van der Waals surface area contributed by atoms with Crippen LogP contribution in [0.15, 0.2) is 18.2 Å². The average molecular weight is 264 g/mol. The van der Waals surface area contributed by atoms with Crippen molar-refractivity contribution in [3.05, 3.63) is 23.8 Å². The third kappa shape index (κ3) is 3.21. The molecule has 0 fully saturated rings. The predicted octanol–water partition coefficient (Wildman–Crippen LogP) is -0.862. The highest BCUT2D eigenvalue weighted by Crippen LogP contribution is 2.28.